The maximum Gasteiger partial charge on any atom is 0.222 e. The Bertz CT molecular complexity index is 539. The second kappa shape index (κ2) is 12.9. The number of hydrogen-bond acceptors (Lipinski definition) is 2. The first-order valence-corrected chi connectivity index (χ1v) is 10.6. The molecule has 0 aliphatic carbocycles. The van der Waals surface area contributed by atoms with Crippen LogP contribution in [0, 0.1) is 0 Å². The predicted molar refractivity (Wildman–Crippen MR) is 111 cm³/mol. The van der Waals surface area contributed by atoms with Gasteiger partial charge in [-0.1, -0.05) is 41.9 Å². The van der Waals surface area contributed by atoms with Crippen LogP contribution in [0.5, 0.6) is 0 Å². The van der Waals surface area contributed by atoms with Crippen molar-refractivity contribution in [1.82, 2.24) is 10.2 Å². The average Bonchev–Trinajstić information content (AvgIpc) is 2.61. The Labute approximate surface area is 166 Å². The van der Waals surface area contributed by atoms with E-state index in [4.69, 9.17) is 0 Å². The fourth-order valence-corrected chi connectivity index (χ4v) is 3.18. The molecule has 2 amide bonds. The third kappa shape index (κ3) is 9.37. The molecule has 146 valence electrons. The minimum Gasteiger partial charge on any atom is -0.354 e. The van der Waals surface area contributed by atoms with E-state index in [1.807, 2.05) is 24.0 Å². The van der Waals surface area contributed by atoms with Crippen molar-refractivity contribution in [1.29, 1.82) is 0 Å². The number of carbonyl (C=O) groups excluding carboxylic acids is 2. The SMILES string of the molecule is CCCN(CCC)C(=O)CCCC(=O)NC(C)CCc1ccc(Br)cc1. The Morgan fingerprint density at radius 3 is 2.27 bits per heavy atom. The lowest BCUT2D eigenvalue weighted by atomic mass is 10.1. The van der Waals surface area contributed by atoms with Gasteiger partial charge in [0, 0.05) is 36.4 Å². The summed E-state index contributed by atoms with van der Waals surface area (Å²) in [6.07, 6.45) is 5.29. The zero-order valence-corrected chi connectivity index (χ0v) is 18.0. The number of halogens is 1. The maximum atomic E-state index is 12.2. The summed E-state index contributed by atoms with van der Waals surface area (Å²) in [6.45, 7) is 7.82. The minimum absolute atomic E-state index is 0.0404. The van der Waals surface area contributed by atoms with Crippen LogP contribution in [0.15, 0.2) is 28.7 Å². The molecule has 0 aliphatic heterocycles. The molecule has 0 aromatic heterocycles. The quantitative estimate of drug-likeness (QED) is 0.528. The number of benzene rings is 1. The van der Waals surface area contributed by atoms with Gasteiger partial charge >= 0.3 is 0 Å². The van der Waals surface area contributed by atoms with Gasteiger partial charge in [-0.25, -0.2) is 0 Å². The van der Waals surface area contributed by atoms with Gasteiger partial charge < -0.3 is 10.2 Å². The number of amides is 2. The van der Waals surface area contributed by atoms with Crippen molar-refractivity contribution in [2.75, 3.05) is 13.1 Å². The van der Waals surface area contributed by atoms with E-state index in [0.29, 0.717) is 19.3 Å². The first-order chi connectivity index (χ1) is 12.5. The number of nitrogens with zero attached hydrogens (tertiary/aromatic N) is 1. The van der Waals surface area contributed by atoms with E-state index < -0.39 is 0 Å². The van der Waals surface area contributed by atoms with E-state index in [1.54, 1.807) is 0 Å². The molecule has 1 aromatic rings. The maximum absolute atomic E-state index is 12.2. The van der Waals surface area contributed by atoms with Crippen molar-refractivity contribution < 1.29 is 9.59 Å². The van der Waals surface area contributed by atoms with E-state index >= 15 is 0 Å². The molecule has 0 radical (unpaired) electrons. The van der Waals surface area contributed by atoms with Crippen molar-refractivity contribution in [3.05, 3.63) is 34.3 Å². The van der Waals surface area contributed by atoms with Crippen molar-refractivity contribution in [2.24, 2.45) is 0 Å². The molecule has 1 rings (SSSR count). The van der Waals surface area contributed by atoms with Crippen molar-refractivity contribution in [3.8, 4) is 0 Å². The minimum atomic E-state index is 0.0404. The molecule has 1 N–H and O–H groups in total. The van der Waals surface area contributed by atoms with Crippen molar-refractivity contribution >= 4 is 27.7 Å². The van der Waals surface area contributed by atoms with E-state index in [2.05, 4.69) is 47.2 Å². The molecule has 0 saturated heterocycles. The highest BCUT2D eigenvalue weighted by Gasteiger charge is 2.13. The van der Waals surface area contributed by atoms with Crippen LogP contribution in [0.25, 0.3) is 0 Å². The molecule has 1 atom stereocenters. The normalized spacial score (nSPS) is 11.8. The molecule has 1 unspecified atom stereocenters. The molecular weight excluding hydrogens is 392 g/mol. The highest BCUT2D eigenvalue weighted by atomic mass is 79.9. The first-order valence-electron chi connectivity index (χ1n) is 9.77. The van der Waals surface area contributed by atoms with Crippen LogP contribution in [-0.2, 0) is 16.0 Å². The van der Waals surface area contributed by atoms with E-state index in [9.17, 15) is 9.59 Å². The molecule has 0 fully saturated rings. The number of nitrogens with one attached hydrogen (secondary N) is 1. The number of hydrogen-bond donors (Lipinski definition) is 1. The summed E-state index contributed by atoms with van der Waals surface area (Å²) >= 11 is 3.43. The summed E-state index contributed by atoms with van der Waals surface area (Å²) in [6, 6.07) is 8.41. The molecule has 0 heterocycles. The average molecular weight is 425 g/mol. The lowest BCUT2D eigenvalue weighted by Gasteiger charge is -2.21. The van der Waals surface area contributed by atoms with Crippen LogP contribution < -0.4 is 5.32 Å². The number of aryl methyl sites for hydroxylation is 1. The second-order valence-electron chi connectivity index (χ2n) is 6.87. The predicted octanol–water partition coefficient (Wildman–Crippen LogP) is 4.71. The van der Waals surface area contributed by atoms with Crippen LogP contribution >= 0.6 is 15.9 Å². The first kappa shape index (κ1) is 22.7. The molecule has 1 aromatic carbocycles. The van der Waals surface area contributed by atoms with Gasteiger partial charge in [0.05, 0.1) is 0 Å². The molecule has 0 spiro atoms. The second-order valence-corrected chi connectivity index (χ2v) is 7.78. The van der Waals surface area contributed by atoms with Gasteiger partial charge in [-0.2, -0.15) is 0 Å². The number of rotatable bonds is 12. The highest BCUT2D eigenvalue weighted by molar-refractivity contribution is 9.10. The summed E-state index contributed by atoms with van der Waals surface area (Å²) in [5.74, 6) is 0.212. The van der Waals surface area contributed by atoms with Crippen LogP contribution in [0.4, 0.5) is 0 Å². The summed E-state index contributed by atoms with van der Waals surface area (Å²) in [4.78, 5) is 26.2. The largest absolute Gasteiger partial charge is 0.354 e. The Kier molecular flexibility index (Phi) is 11.3. The summed E-state index contributed by atoms with van der Waals surface area (Å²) in [5.41, 5.74) is 1.27. The summed E-state index contributed by atoms with van der Waals surface area (Å²) < 4.78 is 1.08. The monoisotopic (exact) mass is 424 g/mol. The molecule has 0 bridgehead atoms. The standard InChI is InChI=1S/C21H33BrN2O2/c1-4-15-24(16-5-2)21(26)8-6-7-20(25)23-17(3)9-10-18-11-13-19(22)14-12-18/h11-14,17H,4-10,15-16H2,1-3H3,(H,23,25). The lowest BCUT2D eigenvalue weighted by molar-refractivity contribution is -0.131. The zero-order valence-electron chi connectivity index (χ0n) is 16.4. The fourth-order valence-electron chi connectivity index (χ4n) is 2.91. The Morgan fingerprint density at radius 1 is 1.08 bits per heavy atom. The fraction of sp³-hybridized carbons (Fsp3) is 0.619. The molecule has 26 heavy (non-hydrogen) atoms. The summed E-state index contributed by atoms with van der Waals surface area (Å²) in [7, 11) is 0. The van der Waals surface area contributed by atoms with Gasteiger partial charge in [0.25, 0.3) is 0 Å². The lowest BCUT2D eigenvalue weighted by Crippen LogP contribution is -2.34. The molecule has 0 aliphatic rings. The van der Waals surface area contributed by atoms with Gasteiger partial charge in [0.1, 0.15) is 0 Å². The molecule has 4 nitrogen and oxygen atoms in total. The third-order valence-corrected chi connectivity index (χ3v) is 4.85. The summed E-state index contributed by atoms with van der Waals surface area (Å²) in [5, 5.41) is 3.04. The van der Waals surface area contributed by atoms with Crippen LogP contribution in [0.3, 0.4) is 0 Å². The van der Waals surface area contributed by atoms with E-state index in [1.165, 1.54) is 5.56 Å². The topological polar surface area (TPSA) is 49.4 Å². The van der Waals surface area contributed by atoms with Crippen molar-refractivity contribution in [2.45, 2.75) is 71.8 Å². The van der Waals surface area contributed by atoms with Gasteiger partial charge in [0.15, 0.2) is 0 Å². The van der Waals surface area contributed by atoms with Crippen LogP contribution in [0.1, 0.15) is 64.9 Å². The number of carbonyl (C=O) groups is 2. The van der Waals surface area contributed by atoms with Gasteiger partial charge in [0.2, 0.25) is 11.8 Å². The Morgan fingerprint density at radius 2 is 1.69 bits per heavy atom. The zero-order chi connectivity index (χ0) is 19.4. The third-order valence-electron chi connectivity index (χ3n) is 4.32. The van der Waals surface area contributed by atoms with E-state index in [0.717, 1.165) is 43.2 Å². The van der Waals surface area contributed by atoms with Crippen LogP contribution in [0.2, 0.25) is 0 Å². The van der Waals surface area contributed by atoms with Gasteiger partial charge in [-0.05, 0) is 56.7 Å². The molecule has 5 heteroatoms. The van der Waals surface area contributed by atoms with Crippen LogP contribution in [-0.4, -0.2) is 35.8 Å². The van der Waals surface area contributed by atoms with Gasteiger partial charge in [-0.3, -0.25) is 9.59 Å². The smallest absolute Gasteiger partial charge is 0.222 e. The molecular formula is C21H33BrN2O2. The van der Waals surface area contributed by atoms with E-state index in [-0.39, 0.29) is 17.9 Å². The van der Waals surface area contributed by atoms with Crippen molar-refractivity contribution in [3.63, 3.8) is 0 Å². The Balaban J connectivity index is 2.24. The molecule has 0 saturated carbocycles. The van der Waals surface area contributed by atoms with Gasteiger partial charge in [-0.15, -0.1) is 0 Å². The Hall–Kier alpha value is -1.36. The highest BCUT2D eigenvalue weighted by Crippen LogP contribution is 2.12.